The SMILES string of the molecule is CO[C@](C(=O)O[C@H]1C=C(C)[C@H](/C=C/C(C)=O)C(C)(C)C1)(c1ccccc1)C(F)(F)F. The van der Waals surface area contributed by atoms with Gasteiger partial charge in [-0.3, -0.25) is 4.79 Å². The minimum atomic E-state index is -5.02. The van der Waals surface area contributed by atoms with Crippen LogP contribution in [0.15, 0.2) is 54.1 Å². The highest BCUT2D eigenvalue weighted by Gasteiger charge is 2.64. The normalized spacial score (nSPS) is 23.5. The molecule has 0 radical (unpaired) electrons. The monoisotopic (exact) mass is 424 g/mol. The number of rotatable bonds is 6. The van der Waals surface area contributed by atoms with E-state index in [0.29, 0.717) is 6.42 Å². The summed E-state index contributed by atoms with van der Waals surface area (Å²) in [5.74, 6) is -1.70. The van der Waals surface area contributed by atoms with Crippen molar-refractivity contribution in [1.29, 1.82) is 0 Å². The summed E-state index contributed by atoms with van der Waals surface area (Å²) in [6.07, 6.45) is -0.669. The Morgan fingerprint density at radius 1 is 1.17 bits per heavy atom. The lowest BCUT2D eigenvalue weighted by atomic mass is 9.67. The molecule has 0 bridgehead atoms. The van der Waals surface area contributed by atoms with E-state index >= 15 is 0 Å². The number of hydrogen-bond acceptors (Lipinski definition) is 4. The van der Waals surface area contributed by atoms with Gasteiger partial charge in [0.1, 0.15) is 6.10 Å². The maximum atomic E-state index is 14.1. The summed E-state index contributed by atoms with van der Waals surface area (Å²) in [5, 5.41) is 0. The first kappa shape index (κ1) is 23.9. The molecule has 0 saturated carbocycles. The second kappa shape index (κ2) is 8.76. The molecule has 0 fully saturated rings. The van der Waals surface area contributed by atoms with E-state index in [2.05, 4.69) is 0 Å². The number of benzene rings is 1. The van der Waals surface area contributed by atoms with Gasteiger partial charge in [-0.15, -0.1) is 0 Å². The van der Waals surface area contributed by atoms with Crippen LogP contribution in [-0.2, 0) is 24.7 Å². The van der Waals surface area contributed by atoms with Crippen LogP contribution in [0.4, 0.5) is 13.2 Å². The molecule has 3 atom stereocenters. The first-order chi connectivity index (χ1) is 13.8. The fraction of sp³-hybridized carbons (Fsp3) is 0.478. The highest BCUT2D eigenvalue weighted by atomic mass is 19.4. The first-order valence-corrected chi connectivity index (χ1v) is 9.60. The zero-order valence-corrected chi connectivity index (χ0v) is 17.7. The largest absolute Gasteiger partial charge is 0.455 e. The van der Waals surface area contributed by atoms with Crippen LogP contribution >= 0.6 is 0 Å². The van der Waals surface area contributed by atoms with E-state index in [4.69, 9.17) is 9.47 Å². The van der Waals surface area contributed by atoms with Gasteiger partial charge in [0.15, 0.2) is 5.78 Å². The molecule has 0 N–H and O–H groups in total. The summed E-state index contributed by atoms with van der Waals surface area (Å²) in [7, 11) is 0.843. The van der Waals surface area contributed by atoms with Gasteiger partial charge in [0.2, 0.25) is 0 Å². The van der Waals surface area contributed by atoms with Crippen molar-refractivity contribution in [2.45, 2.75) is 52.0 Å². The van der Waals surface area contributed by atoms with E-state index in [0.717, 1.165) is 12.7 Å². The van der Waals surface area contributed by atoms with Crippen molar-refractivity contribution in [2.75, 3.05) is 7.11 Å². The van der Waals surface area contributed by atoms with Crippen molar-refractivity contribution in [1.82, 2.24) is 0 Å². The fourth-order valence-electron chi connectivity index (χ4n) is 4.04. The number of alkyl halides is 3. The van der Waals surface area contributed by atoms with E-state index in [1.54, 1.807) is 25.1 Å². The third-order valence-corrected chi connectivity index (χ3v) is 5.46. The van der Waals surface area contributed by atoms with Crippen LogP contribution in [0.3, 0.4) is 0 Å². The fourth-order valence-corrected chi connectivity index (χ4v) is 4.04. The molecule has 1 aromatic carbocycles. The van der Waals surface area contributed by atoms with E-state index in [1.165, 1.54) is 37.3 Å². The Morgan fingerprint density at radius 3 is 2.23 bits per heavy atom. The van der Waals surface area contributed by atoms with Gasteiger partial charge in [-0.1, -0.05) is 55.8 Å². The number of ether oxygens (including phenoxy) is 2. The molecule has 164 valence electrons. The van der Waals surface area contributed by atoms with Gasteiger partial charge < -0.3 is 9.47 Å². The summed E-state index contributed by atoms with van der Waals surface area (Å²) in [4.78, 5) is 24.2. The van der Waals surface area contributed by atoms with E-state index in [9.17, 15) is 22.8 Å². The van der Waals surface area contributed by atoms with Crippen LogP contribution in [0.5, 0.6) is 0 Å². The molecular weight excluding hydrogens is 397 g/mol. The second-order valence-electron chi connectivity index (χ2n) is 8.24. The highest BCUT2D eigenvalue weighted by molar-refractivity contribution is 5.87. The summed E-state index contributed by atoms with van der Waals surface area (Å²) in [6.45, 7) is 7.09. The minimum absolute atomic E-state index is 0.0925. The second-order valence-corrected chi connectivity index (χ2v) is 8.24. The molecular formula is C23H27F3O4. The van der Waals surface area contributed by atoms with E-state index in [-0.39, 0.29) is 17.3 Å². The number of carbonyl (C=O) groups is 2. The van der Waals surface area contributed by atoms with Gasteiger partial charge in [-0.2, -0.15) is 13.2 Å². The Morgan fingerprint density at radius 2 is 1.77 bits per heavy atom. The van der Waals surface area contributed by atoms with Crippen molar-refractivity contribution >= 4 is 11.8 Å². The Labute approximate surface area is 174 Å². The number of methoxy groups -OCH3 is 1. The average molecular weight is 424 g/mol. The lowest BCUT2D eigenvalue weighted by Gasteiger charge is -2.41. The summed E-state index contributed by atoms with van der Waals surface area (Å²) in [5.41, 5.74) is -3.18. The molecule has 0 heterocycles. The van der Waals surface area contributed by atoms with Gasteiger partial charge in [-0.25, -0.2) is 4.79 Å². The van der Waals surface area contributed by atoms with E-state index < -0.39 is 29.3 Å². The number of allylic oxidation sites excluding steroid dienone is 3. The Balaban J connectivity index is 2.38. The predicted octanol–water partition coefficient (Wildman–Crippen LogP) is 5.14. The van der Waals surface area contributed by atoms with Gasteiger partial charge >= 0.3 is 12.1 Å². The summed E-state index contributed by atoms with van der Waals surface area (Å²) < 4.78 is 52.3. The molecule has 0 unspecified atom stereocenters. The third kappa shape index (κ3) is 4.67. The number of carbonyl (C=O) groups excluding carboxylic acids is 2. The quantitative estimate of drug-likeness (QED) is 0.361. The van der Waals surface area contributed by atoms with Crippen LogP contribution in [0.2, 0.25) is 0 Å². The van der Waals surface area contributed by atoms with Crippen molar-refractivity contribution < 1.29 is 32.2 Å². The Hall–Kier alpha value is -2.41. The zero-order chi connectivity index (χ0) is 22.7. The number of ketones is 1. The highest BCUT2D eigenvalue weighted by Crippen LogP contribution is 2.46. The first-order valence-electron chi connectivity index (χ1n) is 9.60. The maximum Gasteiger partial charge on any atom is 0.432 e. The molecule has 0 aromatic heterocycles. The molecule has 0 amide bonds. The molecule has 4 nitrogen and oxygen atoms in total. The summed E-state index contributed by atoms with van der Waals surface area (Å²) in [6, 6.07) is 6.74. The molecule has 0 saturated heterocycles. The molecule has 1 aliphatic rings. The maximum absolute atomic E-state index is 14.1. The number of halogens is 3. The molecule has 2 rings (SSSR count). The topological polar surface area (TPSA) is 52.6 Å². The van der Waals surface area contributed by atoms with Crippen molar-refractivity contribution in [3.05, 3.63) is 59.7 Å². The lowest BCUT2D eigenvalue weighted by molar-refractivity contribution is -0.277. The average Bonchev–Trinajstić information content (AvgIpc) is 2.60. The molecule has 1 aliphatic carbocycles. The van der Waals surface area contributed by atoms with Crippen molar-refractivity contribution in [3.8, 4) is 0 Å². The molecule has 1 aromatic rings. The van der Waals surface area contributed by atoms with Crippen LogP contribution in [-0.4, -0.2) is 31.1 Å². The van der Waals surface area contributed by atoms with Gasteiger partial charge in [0, 0.05) is 18.6 Å². The Kier molecular flexibility index (Phi) is 6.97. The molecule has 30 heavy (non-hydrogen) atoms. The molecule has 0 aliphatic heterocycles. The van der Waals surface area contributed by atoms with Gasteiger partial charge in [-0.05, 0) is 37.8 Å². The number of hydrogen-bond donors (Lipinski definition) is 0. The van der Waals surface area contributed by atoms with Crippen LogP contribution in [0.25, 0.3) is 0 Å². The zero-order valence-electron chi connectivity index (χ0n) is 17.7. The molecule has 7 heteroatoms. The lowest BCUT2D eigenvalue weighted by Crippen LogP contribution is -2.53. The summed E-state index contributed by atoms with van der Waals surface area (Å²) >= 11 is 0. The minimum Gasteiger partial charge on any atom is -0.455 e. The van der Waals surface area contributed by atoms with Crippen LogP contribution < -0.4 is 0 Å². The van der Waals surface area contributed by atoms with Gasteiger partial charge in [0.05, 0.1) is 0 Å². The number of esters is 1. The molecule has 0 spiro atoms. The van der Waals surface area contributed by atoms with Gasteiger partial charge in [0.25, 0.3) is 5.60 Å². The Bertz CT molecular complexity index is 840. The standard InChI is InChI=1S/C23H27F3O4/c1-15-13-18(14-21(3,4)19(15)12-11-16(2)27)30-20(28)22(29-5,23(24,25)26)17-9-7-6-8-10-17/h6-13,18-19H,14H2,1-5H3/b12-11+/t18-,19-,22-/m0/s1. The van der Waals surface area contributed by atoms with Crippen molar-refractivity contribution in [2.24, 2.45) is 11.3 Å². The van der Waals surface area contributed by atoms with Crippen LogP contribution in [0.1, 0.15) is 39.7 Å². The van der Waals surface area contributed by atoms with Crippen molar-refractivity contribution in [3.63, 3.8) is 0 Å². The van der Waals surface area contributed by atoms with E-state index in [1.807, 2.05) is 13.8 Å². The smallest absolute Gasteiger partial charge is 0.432 e. The third-order valence-electron chi connectivity index (χ3n) is 5.46. The predicted molar refractivity (Wildman–Crippen MR) is 107 cm³/mol. The van der Waals surface area contributed by atoms with Crippen LogP contribution in [0, 0.1) is 11.3 Å².